The summed E-state index contributed by atoms with van der Waals surface area (Å²) in [5.74, 6) is 0.354. The number of nitrogen functional groups attached to an aromatic ring is 1. The number of phosphoric ester groups is 1. The van der Waals surface area contributed by atoms with Crippen molar-refractivity contribution in [2.75, 3.05) is 66.2 Å². The first kappa shape index (κ1) is 86.6. The van der Waals surface area contributed by atoms with Gasteiger partial charge in [0, 0.05) is 13.2 Å². The second-order valence-corrected chi connectivity index (χ2v) is 30.3. The molecule has 3 aromatic carbocycles. The Morgan fingerprint density at radius 1 is 0.588 bits per heavy atom. The maximum atomic E-state index is 14.8. The number of nitriles is 1. The molecular formula is C79H121Cl3N5O14P. The van der Waals surface area contributed by atoms with Crippen LogP contribution in [-0.2, 0) is 65.6 Å². The molecule has 3 N–H and O–H groups in total. The Morgan fingerprint density at radius 3 is 1.52 bits per heavy atom. The highest BCUT2D eigenvalue weighted by Gasteiger charge is 2.65. The third-order valence-electron chi connectivity index (χ3n) is 18.6. The Hall–Kier alpha value is -4.33. The van der Waals surface area contributed by atoms with Crippen molar-refractivity contribution in [2.45, 2.75) is 288 Å². The monoisotopic (exact) mass is 1500 g/mol. The molecule has 0 saturated carbocycles. The van der Waals surface area contributed by atoms with Gasteiger partial charge in [-0.25, -0.2) is 14.1 Å². The molecule has 2 aliphatic rings. The van der Waals surface area contributed by atoms with Crippen LogP contribution in [0.4, 0.5) is 5.82 Å². The van der Waals surface area contributed by atoms with Crippen molar-refractivity contribution in [3.05, 3.63) is 111 Å². The van der Waals surface area contributed by atoms with Gasteiger partial charge in [-0.2, -0.15) is 10.4 Å². The SMILES string of the molecule is CCCCCCCCCCCCCCCCCCOC[C@H](CO)OCc1ccc(OC)c(Cl)c1.CCCCCCCCCCCCCCCCCCOC[C@H](COP(=O)(OC[C@H]1O[C@@](C#N)(c2ccc3c(N)ncnn23)[C@@H]2OC(C)(C)O[C@@H]21)Oc1ccccc1Cl)OCc1ccc(OC)c(Cl)c1. The molecule has 7 atom stereocenters. The van der Waals surface area contributed by atoms with Gasteiger partial charge in [-0.05, 0) is 86.3 Å². The molecule has 0 radical (unpaired) electrons. The predicted octanol–water partition coefficient (Wildman–Crippen LogP) is 20.9. The highest BCUT2D eigenvalue weighted by atomic mass is 35.5. The highest BCUT2D eigenvalue weighted by molar-refractivity contribution is 7.49. The molecule has 1 unspecified atom stereocenters. The molecule has 0 spiro atoms. The smallest absolute Gasteiger partial charge is 0.495 e. The first-order valence-corrected chi connectivity index (χ1v) is 40.7. The van der Waals surface area contributed by atoms with Crippen LogP contribution < -0.4 is 19.7 Å². The average Bonchev–Trinajstić information content (AvgIpc) is 1.55. The van der Waals surface area contributed by atoms with Crippen LogP contribution in [0.2, 0.25) is 15.1 Å². The van der Waals surface area contributed by atoms with E-state index in [1.807, 2.05) is 24.3 Å². The Balaban J connectivity index is 0.000000405. The molecule has 23 heteroatoms. The summed E-state index contributed by atoms with van der Waals surface area (Å²) in [5, 5.41) is 25.9. The van der Waals surface area contributed by atoms with Gasteiger partial charge in [0.25, 0.3) is 0 Å². The number of unbranched alkanes of at least 4 members (excludes halogenated alkanes) is 30. The van der Waals surface area contributed by atoms with Crippen molar-refractivity contribution >= 4 is 54.0 Å². The minimum atomic E-state index is -4.55. The topological polar surface area (TPSA) is 228 Å². The summed E-state index contributed by atoms with van der Waals surface area (Å²) in [6, 6.07) is 23.1. The van der Waals surface area contributed by atoms with Gasteiger partial charge >= 0.3 is 7.82 Å². The van der Waals surface area contributed by atoms with Crippen LogP contribution in [0.1, 0.15) is 250 Å². The largest absolute Gasteiger partial charge is 0.530 e. The van der Waals surface area contributed by atoms with Gasteiger partial charge in [0.1, 0.15) is 65.7 Å². The van der Waals surface area contributed by atoms with E-state index in [4.69, 9.17) is 96.7 Å². The van der Waals surface area contributed by atoms with Crippen LogP contribution in [0, 0.1) is 11.3 Å². The lowest BCUT2D eigenvalue weighted by molar-refractivity contribution is -0.204. The number of hydrogen-bond donors (Lipinski definition) is 2. The van der Waals surface area contributed by atoms with E-state index in [0.29, 0.717) is 52.6 Å². The zero-order chi connectivity index (χ0) is 73.1. The molecule has 2 aliphatic heterocycles. The van der Waals surface area contributed by atoms with E-state index < -0.39 is 50.2 Å². The first-order valence-electron chi connectivity index (χ1n) is 38.1. The summed E-state index contributed by atoms with van der Waals surface area (Å²) in [5.41, 5.74) is 6.93. The normalized spacial score (nSPS) is 18.1. The van der Waals surface area contributed by atoms with Crippen molar-refractivity contribution in [2.24, 2.45) is 0 Å². The number of halogens is 3. The molecule has 5 aromatic rings. The van der Waals surface area contributed by atoms with Crippen LogP contribution in [0.5, 0.6) is 17.2 Å². The number of nitrogens with zero attached hydrogens (tertiary/aromatic N) is 4. The zero-order valence-corrected chi connectivity index (χ0v) is 65.2. The molecule has 19 nitrogen and oxygen atoms in total. The quantitative estimate of drug-likeness (QED) is 0.0272. The zero-order valence-electron chi connectivity index (χ0n) is 62.1. The van der Waals surface area contributed by atoms with E-state index in [1.165, 1.54) is 191 Å². The number of aliphatic hydroxyl groups is 1. The van der Waals surface area contributed by atoms with Gasteiger partial charge in [0.2, 0.25) is 5.60 Å². The number of phosphoric acid groups is 1. The number of para-hydroxylation sites is 1. The Morgan fingerprint density at radius 2 is 1.06 bits per heavy atom. The van der Waals surface area contributed by atoms with Gasteiger partial charge < -0.3 is 58.0 Å². The fourth-order valence-electron chi connectivity index (χ4n) is 12.8. The van der Waals surface area contributed by atoms with Gasteiger partial charge in [-0.1, -0.05) is 266 Å². The molecule has 2 aromatic heterocycles. The highest BCUT2D eigenvalue weighted by Crippen LogP contribution is 2.54. The summed E-state index contributed by atoms with van der Waals surface area (Å²) in [6.07, 6.45) is 39.8. The molecular weight excluding hydrogens is 1380 g/mol. The molecule has 0 aliphatic carbocycles. The van der Waals surface area contributed by atoms with E-state index in [2.05, 4.69) is 30.0 Å². The van der Waals surface area contributed by atoms with Gasteiger partial charge in [-0.3, -0.25) is 9.05 Å². The number of aromatic nitrogens is 3. The van der Waals surface area contributed by atoms with E-state index in [-0.39, 0.29) is 49.1 Å². The minimum Gasteiger partial charge on any atom is -0.495 e. The third kappa shape index (κ3) is 30.9. The number of aliphatic hydroxyl groups excluding tert-OH is 1. The molecule has 0 amide bonds. The first-order chi connectivity index (χ1) is 49.6. The van der Waals surface area contributed by atoms with E-state index in [1.54, 1.807) is 76.6 Å². The number of fused-ring (bicyclic) bond motifs is 2. The van der Waals surface area contributed by atoms with Crippen LogP contribution in [0.25, 0.3) is 5.52 Å². The standard InChI is InChI=1S/C50H70Cl2N5O10P.C29H51ClO4/c1-5-6-7-8-9-10-11-12-13-14-15-16-17-18-19-22-29-60-32-38(61-31-37-25-27-42(59-4)40(52)30-37)33-62-68(58,67-43-24-21-20-23-39(43)51)63-34-44-46-47(66-49(2,3)65-46)50(35-53,64-44)45-28-26-41-48(54)55-36-56-57(41)45;1-3-4-5-6-7-8-9-10-11-12-13-14-15-16-17-18-21-33-25-27(23-31)34-24-26-19-20-29(32-2)28(30)22-26/h20-21,23-28,30,36,38,44,46-47H,5-19,22,29,31-34H2,1-4H3,(H2,54,55,56);19-20,22,27,31H,3-18,21,23-25H2,1-2H3/t38-,44-,46-,47-,50+,68?;27-/m10/s1. The van der Waals surface area contributed by atoms with Gasteiger partial charge in [0.15, 0.2) is 11.6 Å². The summed E-state index contributed by atoms with van der Waals surface area (Å²) in [4.78, 5) is 4.07. The number of methoxy groups -OCH3 is 2. The Labute approximate surface area is 625 Å². The van der Waals surface area contributed by atoms with Crippen molar-refractivity contribution in [1.82, 2.24) is 14.6 Å². The average molecular weight is 1500 g/mol. The molecule has 0 bridgehead atoms. The fourth-order valence-corrected chi connectivity index (χ4v) is 14.8. The maximum Gasteiger partial charge on any atom is 0.530 e. The summed E-state index contributed by atoms with van der Waals surface area (Å²) >= 11 is 19.1. The van der Waals surface area contributed by atoms with Gasteiger partial charge in [-0.15, -0.1) is 0 Å². The van der Waals surface area contributed by atoms with Crippen molar-refractivity contribution in [3.63, 3.8) is 0 Å². The second-order valence-electron chi connectivity index (χ2n) is 27.5. The van der Waals surface area contributed by atoms with Crippen molar-refractivity contribution in [3.8, 4) is 23.3 Å². The summed E-state index contributed by atoms with van der Waals surface area (Å²) in [6.45, 7) is 9.63. The van der Waals surface area contributed by atoms with E-state index in [9.17, 15) is 14.9 Å². The molecule has 102 heavy (non-hydrogen) atoms. The fraction of sp³-hybridized carbons (Fsp3) is 0.684. The number of rotatable bonds is 56. The number of hydrogen-bond acceptors (Lipinski definition) is 18. The predicted molar refractivity (Wildman–Crippen MR) is 406 cm³/mol. The number of anilines is 1. The second kappa shape index (κ2) is 49.5. The van der Waals surface area contributed by atoms with E-state index >= 15 is 0 Å². The summed E-state index contributed by atoms with van der Waals surface area (Å²) < 4.78 is 88.1. The Kier molecular flexibility index (Phi) is 42.0. The Bertz CT molecular complexity index is 3180. The molecule has 2 fully saturated rings. The maximum absolute atomic E-state index is 14.8. The van der Waals surface area contributed by atoms with Crippen LogP contribution in [-0.4, -0.2) is 116 Å². The minimum absolute atomic E-state index is 0.0527. The number of nitrogens with two attached hydrogens (primary N) is 1. The number of ether oxygens (including phenoxy) is 9. The van der Waals surface area contributed by atoms with Crippen LogP contribution in [0.15, 0.2) is 79.1 Å². The van der Waals surface area contributed by atoms with Crippen LogP contribution in [0.3, 0.4) is 0 Å². The lowest BCUT2D eigenvalue weighted by Gasteiger charge is -2.29. The van der Waals surface area contributed by atoms with E-state index in [0.717, 1.165) is 43.4 Å². The molecule has 7 rings (SSSR count). The molecule has 4 heterocycles. The van der Waals surface area contributed by atoms with Crippen molar-refractivity contribution in [1.29, 1.82) is 5.26 Å². The summed E-state index contributed by atoms with van der Waals surface area (Å²) in [7, 11) is -1.41. The molecule has 2 saturated heterocycles. The number of benzene rings is 3. The van der Waals surface area contributed by atoms with Gasteiger partial charge in [0.05, 0.1) is 81.2 Å². The lowest BCUT2D eigenvalue weighted by atomic mass is 9.92. The third-order valence-corrected chi connectivity index (χ3v) is 20.9. The van der Waals surface area contributed by atoms with Crippen molar-refractivity contribution < 1.29 is 65.9 Å². The van der Waals surface area contributed by atoms with Crippen LogP contribution >= 0.6 is 42.6 Å². The molecule has 572 valence electrons. The lowest BCUT2D eigenvalue weighted by Crippen LogP contribution is -2.40.